The van der Waals surface area contributed by atoms with Crippen molar-refractivity contribution in [3.05, 3.63) is 47.6 Å². The van der Waals surface area contributed by atoms with Gasteiger partial charge in [0.25, 0.3) is 0 Å². The molecule has 0 unspecified atom stereocenters. The maximum absolute atomic E-state index is 5.99. The highest BCUT2D eigenvalue weighted by Gasteiger charge is 2.14. The summed E-state index contributed by atoms with van der Waals surface area (Å²) in [6.45, 7) is 0. The first-order chi connectivity index (χ1) is 9.29. The molecular formula is C14H19N3OS. The number of aromatic nitrogens is 2. The van der Waals surface area contributed by atoms with Gasteiger partial charge in [0.05, 0.1) is 6.04 Å². The first-order valence-electron chi connectivity index (χ1n) is 6.40. The quantitative estimate of drug-likeness (QED) is 0.842. The van der Waals surface area contributed by atoms with E-state index in [-0.39, 0.29) is 6.04 Å². The minimum atomic E-state index is -0.148. The van der Waals surface area contributed by atoms with E-state index in [1.165, 1.54) is 5.56 Å². The van der Waals surface area contributed by atoms with Crippen LogP contribution in [-0.2, 0) is 12.8 Å². The molecule has 0 saturated heterocycles. The van der Waals surface area contributed by atoms with Crippen molar-refractivity contribution < 1.29 is 4.52 Å². The highest BCUT2D eigenvalue weighted by molar-refractivity contribution is 7.98. The summed E-state index contributed by atoms with van der Waals surface area (Å²) in [6.07, 6.45) is 4.62. The van der Waals surface area contributed by atoms with E-state index in [0.717, 1.165) is 30.8 Å². The molecule has 0 bridgehead atoms. The minimum absolute atomic E-state index is 0.148. The van der Waals surface area contributed by atoms with E-state index < -0.39 is 0 Å². The number of aryl methyl sites for hydroxylation is 2. The van der Waals surface area contributed by atoms with Crippen LogP contribution in [0.4, 0.5) is 0 Å². The van der Waals surface area contributed by atoms with Gasteiger partial charge in [0, 0.05) is 6.42 Å². The van der Waals surface area contributed by atoms with Crippen LogP contribution in [-0.4, -0.2) is 22.1 Å². The average molecular weight is 277 g/mol. The summed E-state index contributed by atoms with van der Waals surface area (Å²) >= 11 is 1.77. The second-order valence-corrected chi connectivity index (χ2v) is 5.41. The third-order valence-corrected chi connectivity index (χ3v) is 3.56. The molecule has 5 heteroatoms. The molecule has 0 amide bonds. The summed E-state index contributed by atoms with van der Waals surface area (Å²) in [5.41, 5.74) is 7.27. The van der Waals surface area contributed by atoms with E-state index >= 15 is 0 Å². The van der Waals surface area contributed by atoms with Gasteiger partial charge in [-0.05, 0) is 30.4 Å². The zero-order chi connectivity index (χ0) is 13.5. The first-order valence-corrected chi connectivity index (χ1v) is 7.80. The molecule has 0 aliphatic heterocycles. The van der Waals surface area contributed by atoms with Crippen LogP contribution in [0.25, 0.3) is 0 Å². The van der Waals surface area contributed by atoms with Crippen LogP contribution in [0.3, 0.4) is 0 Å². The van der Waals surface area contributed by atoms with E-state index in [0.29, 0.717) is 5.89 Å². The largest absolute Gasteiger partial charge is 0.338 e. The normalized spacial score (nSPS) is 12.5. The Kier molecular flexibility index (Phi) is 5.42. The maximum Gasteiger partial charge on any atom is 0.243 e. The van der Waals surface area contributed by atoms with Gasteiger partial charge in [-0.1, -0.05) is 35.5 Å². The van der Waals surface area contributed by atoms with Gasteiger partial charge >= 0.3 is 0 Å². The lowest BCUT2D eigenvalue weighted by Crippen LogP contribution is -2.11. The van der Waals surface area contributed by atoms with Crippen molar-refractivity contribution in [2.45, 2.75) is 25.3 Å². The van der Waals surface area contributed by atoms with Crippen molar-refractivity contribution in [1.29, 1.82) is 0 Å². The van der Waals surface area contributed by atoms with E-state index in [4.69, 9.17) is 10.3 Å². The van der Waals surface area contributed by atoms with Crippen LogP contribution in [0.2, 0.25) is 0 Å². The summed E-state index contributed by atoms with van der Waals surface area (Å²) in [5.74, 6) is 2.29. The Bertz CT molecular complexity index is 486. The lowest BCUT2D eigenvalue weighted by Gasteiger charge is -2.03. The summed E-state index contributed by atoms with van der Waals surface area (Å²) in [7, 11) is 0. The molecule has 1 heterocycles. The first kappa shape index (κ1) is 14.1. The fourth-order valence-electron chi connectivity index (χ4n) is 1.79. The maximum atomic E-state index is 5.99. The number of thioether (sulfide) groups is 1. The van der Waals surface area contributed by atoms with Gasteiger partial charge < -0.3 is 10.3 Å². The molecule has 0 aliphatic rings. The van der Waals surface area contributed by atoms with Crippen LogP contribution in [0.5, 0.6) is 0 Å². The molecular weight excluding hydrogens is 258 g/mol. The van der Waals surface area contributed by atoms with E-state index in [9.17, 15) is 0 Å². The third-order valence-electron chi connectivity index (χ3n) is 2.91. The minimum Gasteiger partial charge on any atom is -0.338 e. The second-order valence-electron chi connectivity index (χ2n) is 4.42. The summed E-state index contributed by atoms with van der Waals surface area (Å²) < 4.78 is 5.22. The molecule has 2 rings (SSSR count). The van der Waals surface area contributed by atoms with Crippen LogP contribution in [0.15, 0.2) is 34.9 Å². The zero-order valence-electron chi connectivity index (χ0n) is 11.1. The fourth-order valence-corrected chi connectivity index (χ4v) is 2.28. The van der Waals surface area contributed by atoms with Gasteiger partial charge in [-0.25, -0.2) is 0 Å². The Hall–Kier alpha value is -1.33. The van der Waals surface area contributed by atoms with Crippen molar-refractivity contribution in [2.24, 2.45) is 5.73 Å². The van der Waals surface area contributed by atoms with Crippen molar-refractivity contribution >= 4 is 11.8 Å². The molecule has 2 aromatic rings. The Morgan fingerprint density at radius 3 is 2.79 bits per heavy atom. The van der Waals surface area contributed by atoms with E-state index in [1.807, 2.05) is 18.2 Å². The third kappa shape index (κ3) is 4.36. The van der Waals surface area contributed by atoms with Gasteiger partial charge in [-0.15, -0.1) is 0 Å². The number of benzene rings is 1. The zero-order valence-corrected chi connectivity index (χ0v) is 11.9. The summed E-state index contributed by atoms with van der Waals surface area (Å²) in [5, 5.41) is 3.99. The van der Waals surface area contributed by atoms with Crippen LogP contribution in [0.1, 0.15) is 29.7 Å². The second kappa shape index (κ2) is 7.31. The van der Waals surface area contributed by atoms with Gasteiger partial charge in [0.2, 0.25) is 5.89 Å². The molecule has 0 saturated carbocycles. The van der Waals surface area contributed by atoms with Crippen molar-refractivity contribution in [3.8, 4) is 0 Å². The molecule has 2 N–H and O–H groups in total. The molecule has 0 spiro atoms. The summed E-state index contributed by atoms with van der Waals surface area (Å²) in [4.78, 5) is 4.37. The predicted molar refractivity (Wildman–Crippen MR) is 78.1 cm³/mol. The molecule has 102 valence electrons. The number of hydrogen-bond acceptors (Lipinski definition) is 5. The fraction of sp³-hybridized carbons (Fsp3) is 0.429. The molecule has 0 radical (unpaired) electrons. The smallest absolute Gasteiger partial charge is 0.243 e. The van der Waals surface area contributed by atoms with Gasteiger partial charge in [-0.3, -0.25) is 0 Å². The number of rotatable bonds is 7. The lowest BCUT2D eigenvalue weighted by molar-refractivity contribution is 0.348. The van der Waals surface area contributed by atoms with Gasteiger partial charge in [0.15, 0.2) is 5.82 Å². The predicted octanol–water partition coefficient (Wildman–Crippen LogP) is 2.61. The molecule has 4 nitrogen and oxygen atoms in total. The van der Waals surface area contributed by atoms with Crippen molar-refractivity contribution in [2.75, 3.05) is 12.0 Å². The molecule has 1 atom stereocenters. The highest BCUT2D eigenvalue weighted by atomic mass is 32.2. The van der Waals surface area contributed by atoms with Gasteiger partial charge in [-0.2, -0.15) is 16.7 Å². The van der Waals surface area contributed by atoms with Crippen LogP contribution < -0.4 is 5.73 Å². The Balaban J connectivity index is 1.87. The highest BCUT2D eigenvalue weighted by Crippen LogP contribution is 2.14. The lowest BCUT2D eigenvalue weighted by atomic mass is 10.1. The number of nitrogens with zero attached hydrogens (tertiary/aromatic N) is 2. The van der Waals surface area contributed by atoms with Gasteiger partial charge in [0.1, 0.15) is 0 Å². The molecule has 0 aliphatic carbocycles. The molecule has 1 aromatic carbocycles. The summed E-state index contributed by atoms with van der Waals surface area (Å²) in [6, 6.07) is 10.1. The topological polar surface area (TPSA) is 64.9 Å². The van der Waals surface area contributed by atoms with E-state index in [2.05, 4.69) is 28.5 Å². The van der Waals surface area contributed by atoms with Crippen LogP contribution >= 0.6 is 11.8 Å². The van der Waals surface area contributed by atoms with Crippen LogP contribution in [0, 0.1) is 0 Å². The number of hydrogen-bond donors (Lipinski definition) is 1. The van der Waals surface area contributed by atoms with Crippen molar-refractivity contribution in [1.82, 2.24) is 10.1 Å². The number of nitrogens with two attached hydrogens (primary N) is 1. The van der Waals surface area contributed by atoms with E-state index in [1.54, 1.807) is 11.8 Å². The Morgan fingerprint density at radius 2 is 2.05 bits per heavy atom. The molecule has 0 fully saturated rings. The monoisotopic (exact) mass is 277 g/mol. The standard InChI is InChI=1S/C14H19N3OS/c1-19-10-9-12(15)14-16-13(17-18-14)8-7-11-5-3-2-4-6-11/h2-6,12H,7-10,15H2,1H3/t12-/m1/s1. The van der Waals surface area contributed by atoms with Crippen molar-refractivity contribution in [3.63, 3.8) is 0 Å². The average Bonchev–Trinajstić information content (AvgIpc) is 2.92. The molecule has 19 heavy (non-hydrogen) atoms. The Labute approximate surface area is 117 Å². The Morgan fingerprint density at radius 1 is 1.26 bits per heavy atom. The molecule has 1 aromatic heterocycles. The SMILES string of the molecule is CSCC[C@@H](N)c1nc(CCc2ccccc2)no1.